The third-order valence-corrected chi connectivity index (χ3v) is 5.70. The van der Waals surface area contributed by atoms with Crippen molar-refractivity contribution < 1.29 is 4.79 Å². The highest BCUT2D eigenvalue weighted by Crippen LogP contribution is 2.37. The van der Waals surface area contributed by atoms with Gasteiger partial charge in [-0.15, -0.1) is 0 Å². The zero-order valence-corrected chi connectivity index (χ0v) is 13.0. The van der Waals surface area contributed by atoms with Crippen LogP contribution in [-0.2, 0) is 4.79 Å². The molecule has 2 aliphatic rings. The molecule has 1 aromatic carbocycles. The Morgan fingerprint density at radius 2 is 2.05 bits per heavy atom. The molecule has 0 N–H and O–H groups in total. The second-order valence-electron chi connectivity index (χ2n) is 6.03. The van der Waals surface area contributed by atoms with Gasteiger partial charge in [0.2, 0.25) is 5.91 Å². The Kier molecular flexibility index (Phi) is 4.35. The van der Waals surface area contributed by atoms with Crippen molar-refractivity contribution >= 4 is 17.7 Å². The molecular weight excluding hydrogens is 266 g/mol. The summed E-state index contributed by atoms with van der Waals surface area (Å²) in [6.07, 6.45) is 4.41. The fraction of sp³-hybridized carbons (Fsp3) is 0.588. The van der Waals surface area contributed by atoms with Crippen LogP contribution in [0.25, 0.3) is 0 Å². The van der Waals surface area contributed by atoms with E-state index in [1.54, 1.807) is 0 Å². The highest BCUT2D eigenvalue weighted by molar-refractivity contribution is 7.99. The fourth-order valence-corrected chi connectivity index (χ4v) is 4.24. The topological polar surface area (TPSA) is 20.3 Å². The van der Waals surface area contributed by atoms with Gasteiger partial charge in [0.05, 0.1) is 0 Å². The lowest BCUT2D eigenvalue weighted by molar-refractivity contribution is -0.131. The number of hydrogen-bond acceptors (Lipinski definition) is 2. The third kappa shape index (κ3) is 3.38. The van der Waals surface area contributed by atoms with Gasteiger partial charge in [0, 0.05) is 30.5 Å². The Morgan fingerprint density at radius 1 is 1.25 bits per heavy atom. The summed E-state index contributed by atoms with van der Waals surface area (Å²) >= 11 is 2.01. The summed E-state index contributed by atoms with van der Waals surface area (Å²) in [5.74, 6) is 2.15. The van der Waals surface area contributed by atoms with Crippen molar-refractivity contribution in [3.05, 3.63) is 35.4 Å². The maximum absolute atomic E-state index is 12.2. The Balaban J connectivity index is 1.61. The Bertz CT molecular complexity index is 484. The van der Waals surface area contributed by atoms with Crippen molar-refractivity contribution in [2.24, 2.45) is 5.92 Å². The molecule has 0 unspecified atom stereocenters. The summed E-state index contributed by atoms with van der Waals surface area (Å²) in [4.78, 5) is 14.3. The predicted octanol–water partition coefficient (Wildman–Crippen LogP) is 3.80. The van der Waals surface area contributed by atoms with Gasteiger partial charge in [-0.1, -0.05) is 24.3 Å². The van der Waals surface area contributed by atoms with Crippen LogP contribution in [0.2, 0.25) is 0 Å². The van der Waals surface area contributed by atoms with E-state index in [1.165, 1.54) is 24.0 Å². The third-order valence-electron chi connectivity index (χ3n) is 4.39. The first kappa shape index (κ1) is 14.0. The summed E-state index contributed by atoms with van der Waals surface area (Å²) in [5, 5.41) is 0.551. The zero-order chi connectivity index (χ0) is 13.9. The Labute approximate surface area is 125 Å². The van der Waals surface area contributed by atoms with Gasteiger partial charge in [0.1, 0.15) is 0 Å². The molecular formula is C17H23NOS. The van der Waals surface area contributed by atoms with Crippen LogP contribution in [-0.4, -0.2) is 29.6 Å². The molecule has 1 aliphatic carbocycles. The van der Waals surface area contributed by atoms with Crippen molar-refractivity contribution in [2.45, 2.75) is 37.9 Å². The van der Waals surface area contributed by atoms with E-state index in [9.17, 15) is 4.79 Å². The van der Waals surface area contributed by atoms with Gasteiger partial charge in [-0.3, -0.25) is 4.79 Å². The number of aryl methyl sites for hydroxylation is 1. The van der Waals surface area contributed by atoms with Gasteiger partial charge in [-0.2, -0.15) is 11.8 Å². The van der Waals surface area contributed by atoms with E-state index < -0.39 is 0 Å². The quantitative estimate of drug-likeness (QED) is 0.843. The highest BCUT2D eigenvalue weighted by atomic mass is 32.2. The van der Waals surface area contributed by atoms with Crippen LogP contribution in [0.3, 0.4) is 0 Å². The van der Waals surface area contributed by atoms with Gasteiger partial charge in [0.15, 0.2) is 0 Å². The molecule has 1 heterocycles. The number of rotatable bonds is 3. The monoisotopic (exact) mass is 289 g/mol. The molecule has 0 bridgehead atoms. The van der Waals surface area contributed by atoms with Gasteiger partial charge >= 0.3 is 0 Å². The minimum absolute atomic E-state index is 0.388. The minimum atomic E-state index is 0.388. The number of nitrogens with zero attached hydrogens (tertiary/aromatic N) is 1. The summed E-state index contributed by atoms with van der Waals surface area (Å²) in [6, 6.07) is 8.67. The lowest BCUT2D eigenvalue weighted by Crippen LogP contribution is -2.33. The van der Waals surface area contributed by atoms with Crippen molar-refractivity contribution in [1.82, 2.24) is 4.90 Å². The van der Waals surface area contributed by atoms with E-state index in [2.05, 4.69) is 36.1 Å². The molecule has 108 valence electrons. The molecule has 20 heavy (non-hydrogen) atoms. The molecule has 2 nitrogen and oxygen atoms in total. The molecule has 1 saturated heterocycles. The molecule has 1 atom stereocenters. The summed E-state index contributed by atoms with van der Waals surface area (Å²) in [5.41, 5.74) is 2.83. The number of thioether (sulfide) groups is 1. The average molecular weight is 289 g/mol. The number of benzene rings is 1. The number of carbonyl (C=O) groups is 1. The molecule has 1 saturated carbocycles. The first-order valence-electron chi connectivity index (χ1n) is 7.69. The lowest BCUT2D eigenvalue weighted by Gasteiger charge is -2.20. The lowest BCUT2D eigenvalue weighted by atomic mass is 10.0. The van der Waals surface area contributed by atoms with Crippen LogP contribution in [0.15, 0.2) is 24.3 Å². The van der Waals surface area contributed by atoms with Crippen molar-refractivity contribution in [1.29, 1.82) is 0 Å². The van der Waals surface area contributed by atoms with E-state index in [1.807, 2.05) is 11.8 Å². The van der Waals surface area contributed by atoms with E-state index in [0.717, 1.165) is 31.7 Å². The van der Waals surface area contributed by atoms with Crippen LogP contribution < -0.4 is 0 Å². The summed E-state index contributed by atoms with van der Waals surface area (Å²) in [7, 11) is 0. The maximum Gasteiger partial charge on any atom is 0.222 e. The maximum atomic E-state index is 12.2. The SMILES string of the molecule is Cc1ccccc1[C@H]1CCN(C(=O)CC2CC2)CCS1. The van der Waals surface area contributed by atoms with Crippen molar-refractivity contribution in [2.75, 3.05) is 18.8 Å². The van der Waals surface area contributed by atoms with Crippen LogP contribution in [0.1, 0.15) is 42.1 Å². The standard InChI is InChI=1S/C17H23NOS/c1-13-4-2-3-5-15(13)16-8-9-18(10-11-20-16)17(19)12-14-6-7-14/h2-5,14,16H,6-12H2,1H3/t16-/m1/s1. The van der Waals surface area contributed by atoms with Crippen molar-refractivity contribution in [3.8, 4) is 0 Å². The largest absolute Gasteiger partial charge is 0.342 e. The van der Waals surface area contributed by atoms with E-state index in [0.29, 0.717) is 17.1 Å². The van der Waals surface area contributed by atoms with Gasteiger partial charge < -0.3 is 4.90 Å². The zero-order valence-electron chi connectivity index (χ0n) is 12.2. The highest BCUT2D eigenvalue weighted by Gasteiger charge is 2.28. The molecule has 1 aliphatic heterocycles. The van der Waals surface area contributed by atoms with Crippen LogP contribution in [0.4, 0.5) is 0 Å². The van der Waals surface area contributed by atoms with Gasteiger partial charge in [0.25, 0.3) is 0 Å². The number of amides is 1. The molecule has 0 radical (unpaired) electrons. The smallest absolute Gasteiger partial charge is 0.222 e. The van der Waals surface area contributed by atoms with E-state index in [4.69, 9.17) is 0 Å². The van der Waals surface area contributed by atoms with Crippen LogP contribution >= 0.6 is 11.8 Å². The second-order valence-corrected chi connectivity index (χ2v) is 7.34. The summed E-state index contributed by atoms with van der Waals surface area (Å²) in [6.45, 7) is 4.05. The molecule has 1 amide bonds. The first-order valence-corrected chi connectivity index (χ1v) is 8.74. The Morgan fingerprint density at radius 3 is 2.80 bits per heavy atom. The number of hydrogen-bond donors (Lipinski definition) is 0. The molecule has 2 fully saturated rings. The first-order chi connectivity index (χ1) is 9.74. The van der Waals surface area contributed by atoms with Crippen LogP contribution in [0.5, 0.6) is 0 Å². The predicted molar refractivity (Wildman–Crippen MR) is 84.9 cm³/mol. The van der Waals surface area contributed by atoms with Gasteiger partial charge in [-0.25, -0.2) is 0 Å². The number of carbonyl (C=O) groups excluding carboxylic acids is 1. The second kappa shape index (κ2) is 6.21. The van der Waals surface area contributed by atoms with Crippen molar-refractivity contribution in [3.63, 3.8) is 0 Å². The molecule has 0 spiro atoms. The molecule has 3 rings (SSSR count). The Hall–Kier alpha value is -0.960. The van der Waals surface area contributed by atoms with E-state index >= 15 is 0 Å². The molecule has 3 heteroatoms. The normalized spacial score (nSPS) is 23.4. The molecule has 0 aromatic heterocycles. The van der Waals surface area contributed by atoms with E-state index in [-0.39, 0.29) is 0 Å². The fourth-order valence-electron chi connectivity index (χ4n) is 2.91. The minimum Gasteiger partial charge on any atom is -0.342 e. The summed E-state index contributed by atoms with van der Waals surface area (Å²) < 4.78 is 0. The average Bonchev–Trinajstić information content (AvgIpc) is 3.25. The molecule has 1 aromatic rings. The van der Waals surface area contributed by atoms with Crippen LogP contribution in [0, 0.1) is 12.8 Å². The van der Waals surface area contributed by atoms with Gasteiger partial charge in [-0.05, 0) is 43.2 Å².